The number of carboxylic acid groups (broad SMARTS) is 1. The lowest BCUT2D eigenvalue weighted by Crippen LogP contribution is -2.49. The molecule has 25 heavy (non-hydrogen) atoms. The van der Waals surface area contributed by atoms with E-state index in [-0.39, 0.29) is 18.3 Å². The largest absolute Gasteiger partial charge is 0.478 e. The lowest BCUT2D eigenvalue weighted by atomic mass is 9.80. The van der Waals surface area contributed by atoms with Crippen LogP contribution in [0.1, 0.15) is 38.5 Å². The second-order valence-corrected chi connectivity index (χ2v) is 7.53. The second kappa shape index (κ2) is 9.31. The summed E-state index contributed by atoms with van der Waals surface area (Å²) in [6, 6.07) is 5.20. The smallest absolute Gasteiger partial charge is 0.345 e. The van der Waals surface area contributed by atoms with Gasteiger partial charge >= 0.3 is 5.97 Å². The molecule has 7 heteroatoms. The van der Waals surface area contributed by atoms with Crippen LogP contribution in [0.25, 0.3) is 0 Å². The van der Waals surface area contributed by atoms with Gasteiger partial charge in [-0.3, -0.25) is 4.90 Å². The zero-order valence-electron chi connectivity index (χ0n) is 14.0. The predicted octanol–water partition coefficient (Wildman–Crippen LogP) is 4.90. The van der Waals surface area contributed by atoms with Crippen LogP contribution in [-0.4, -0.2) is 41.2 Å². The lowest BCUT2D eigenvalue weighted by molar-refractivity contribution is -0.150. The van der Waals surface area contributed by atoms with Gasteiger partial charge in [0.15, 0.2) is 6.10 Å². The molecule has 0 aromatic heterocycles. The number of ether oxygens (including phenoxy) is 1. The Kier molecular flexibility index (Phi) is 7.68. The molecule has 0 spiro atoms. The highest BCUT2D eigenvalue weighted by molar-refractivity contribution is 6.42. The molecule has 1 N–H and O–H groups in total. The number of aliphatic carboxylic acids is 1. The highest BCUT2D eigenvalue weighted by Gasteiger charge is 2.40. The normalized spacial score (nSPS) is 25.2. The van der Waals surface area contributed by atoms with Crippen molar-refractivity contribution in [1.82, 2.24) is 4.90 Å². The van der Waals surface area contributed by atoms with Crippen molar-refractivity contribution in [2.45, 2.75) is 50.7 Å². The number of benzene rings is 1. The van der Waals surface area contributed by atoms with Gasteiger partial charge in [0.25, 0.3) is 0 Å². The van der Waals surface area contributed by atoms with E-state index in [1.807, 2.05) is 0 Å². The van der Waals surface area contributed by atoms with Crippen LogP contribution in [0.4, 0.5) is 0 Å². The van der Waals surface area contributed by atoms with Crippen molar-refractivity contribution < 1.29 is 14.6 Å². The number of hydrogen-bond donors (Lipinski definition) is 1. The lowest BCUT2D eigenvalue weighted by Gasteiger charge is -2.40. The van der Waals surface area contributed by atoms with E-state index in [1.54, 1.807) is 18.2 Å². The maximum absolute atomic E-state index is 11.9. The molecule has 1 saturated carbocycles. The quantitative estimate of drug-likeness (QED) is 0.752. The first-order valence-corrected chi connectivity index (χ1v) is 9.40. The maximum atomic E-state index is 11.9. The molecule has 2 aliphatic rings. The summed E-state index contributed by atoms with van der Waals surface area (Å²) < 4.78 is 5.87. The van der Waals surface area contributed by atoms with Crippen molar-refractivity contribution in [1.29, 1.82) is 0 Å². The predicted molar refractivity (Wildman–Crippen MR) is 102 cm³/mol. The average Bonchev–Trinajstić information content (AvgIpc) is 3.10. The van der Waals surface area contributed by atoms with Crippen LogP contribution >= 0.6 is 35.6 Å². The zero-order valence-corrected chi connectivity index (χ0v) is 16.3. The van der Waals surface area contributed by atoms with E-state index >= 15 is 0 Å². The minimum atomic E-state index is -0.905. The van der Waals surface area contributed by atoms with E-state index in [0.29, 0.717) is 21.8 Å². The van der Waals surface area contributed by atoms with Gasteiger partial charge in [0.2, 0.25) is 0 Å². The summed E-state index contributed by atoms with van der Waals surface area (Å²) >= 11 is 12.0. The van der Waals surface area contributed by atoms with Crippen LogP contribution in [0.3, 0.4) is 0 Å². The fraction of sp³-hybridized carbons (Fsp3) is 0.611. The van der Waals surface area contributed by atoms with Crippen LogP contribution < -0.4 is 4.74 Å². The molecule has 1 heterocycles. The fourth-order valence-electron chi connectivity index (χ4n) is 4.04. The molecule has 0 amide bonds. The monoisotopic (exact) mass is 407 g/mol. The Morgan fingerprint density at radius 2 is 1.80 bits per heavy atom. The Balaban J connectivity index is 0.00000225. The molecule has 1 aromatic carbocycles. The molecule has 3 rings (SSSR count). The minimum absolute atomic E-state index is 0. The first-order chi connectivity index (χ1) is 11.6. The van der Waals surface area contributed by atoms with Gasteiger partial charge in [-0.1, -0.05) is 36.0 Å². The third-order valence-corrected chi connectivity index (χ3v) is 5.92. The van der Waals surface area contributed by atoms with E-state index in [0.717, 1.165) is 38.8 Å². The Hall–Kier alpha value is -0.680. The van der Waals surface area contributed by atoms with Crippen LogP contribution in [0.5, 0.6) is 5.75 Å². The van der Waals surface area contributed by atoms with Gasteiger partial charge in [-0.15, -0.1) is 12.4 Å². The number of likely N-dealkylation sites (tertiary alicyclic amines) is 1. The SMILES string of the molecule is Cl.O=C(O)C(Oc1ccc(Cl)c(Cl)c1)[C@@H]1CCCC[C@H]1N1CCCC1. The maximum Gasteiger partial charge on any atom is 0.345 e. The molecule has 1 unspecified atom stereocenters. The highest BCUT2D eigenvalue weighted by atomic mass is 35.5. The highest BCUT2D eigenvalue weighted by Crippen LogP contribution is 2.35. The molecule has 1 aliphatic carbocycles. The van der Waals surface area contributed by atoms with Gasteiger partial charge in [0.05, 0.1) is 10.0 Å². The molecule has 0 radical (unpaired) electrons. The summed E-state index contributed by atoms with van der Waals surface area (Å²) in [5, 5.41) is 10.6. The van der Waals surface area contributed by atoms with Crippen LogP contribution in [0.2, 0.25) is 10.0 Å². The number of carbonyl (C=O) groups is 1. The summed E-state index contributed by atoms with van der Waals surface area (Å²) in [5.74, 6) is -0.441. The third kappa shape index (κ3) is 4.94. The topological polar surface area (TPSA) is 49.8 Å². The van der Waals surface area contributed by atoms with Gasteiger partial charge in [-0.2, -0.15) is 0 Å². The minimum Gasteiger partial charge on any atom is -0.478 e. The van der Waals surface area contributed by atoms with Crippen LogP contribution in [-0.2, 0) is 4.79 Å². The molecule has 1 saturated heterocycles. The van der Waals surface area contributed by atoms with E-state index < -0.39 is 12.1 Å². The first kappa shape index (κ1) is 20.6. The van der Waals surface area contributed by atoms with Crippen molar-refractivity contribution in [2.75, 3.05) is 13.1 Å². The van der Waals surface area contributed by atoms with Gasteiger partial charge in [0.1, 0.15) is 5.75 Å². The van der Waals surface area contributed by atoms with Crippen molar-refractivity contribution in [3.63, 3.8) is 0 Å². The number of rotatable bonds is 5. The summed E-state index contributed by atoms with van der Waals surface area (Å²) in [6.45, 7) is 2.14. The van der Waals surface area contributed by atoms with Crippen molar-refractivity contribution in [2.24, 2.45) is 5.92 Å². The molecular weight excluding hydrogens is 385 g/mol. The van der Waals surface area contributed by atoms with E-state index in [2.05, 4.69) is 4.90 Å². The molecule has 1 aliphatic heterocycles. The number of hydrogen-bond acceptors (Lipinski definition) is 3. The second-order valence-electron chi connectivity index (χ2n) is 6.71. The summed E-state index contributed by atoms with van der Waals surface area (Å²) in [6.07, 6.45) is 5.72. The summed E-state index contributed by atoms with van der Waals surface area (Å²) in [4.78, 5) is 14.4. The van der Waals surface area contributed by atoms with Gasteiger partial charge in [-0.05, 0) is 50.9 Å². The summed E-state index contributed by atoms with van der Waals surface area (Å²) in [7, 11) is 0. The number of nitrogens with zero attached hydrogens (tertiary/aromatic N) is 1. The molecule has 2 fully saturated rings. The fourth-order valence-corrected chi connectivity index (χ4v) is 4.33. The first-order valence-electron chi connectivity index (χ1n) is 8.65. The van der Waals surface area contributed by atoms with E-state index in [9.17, 15) is 9.90 Å². The third-order valence-electron chi connectivity index (χ3n) is 5.18. The van der Waals surface area contributed by atoms with Crippen LogP contribution in [0, 0.1) is 5.92 Å². The molecule has 1 aromatic rings. The van der Waals surface area contributed by atoms with Crippen LogP contribution in [0.15, 0.2) is 18.2 Å². The van der Waals surface area contributed by atoms with Gasteiger partial charge in [-0.25, -0.2) is 4.79 Å². The number of halogens is 3. The Morgan fingerprint density at radius 1 is 1.12 bits per heavy atom. The molecular formula is C18H24Cl3NO3. The Labute approximate surface area is 164 Å². The zero-order chi connectivity index (χ0) is 17.1. The van der Waals surface area contributed by atoms with Gasteiger partial charge in [0, 0.05) is 18.0 Å². The average molecular weight is 409 g/mol. The molecule has 3 atom stereocenters. The standard InChI is InChI=1S/C18H23Cl2NO3.ClH/c19-14-8-7-12(11-15(14)20)24-17(18(22)23)13-5-1-2-6-16(13)21-9-3-4-10-21;/h7-8,11,13,16-17H,1-6,9-10H2,(H,22,23);1H/t13-,16-,17?;/m1./s1. The Bertz CT molecular complexity index is 593. The van der Waals surface area contributed by atoms with E-state index in [4.69, 9.17) is 27.9 Å². The van der Waals surface area contributed by atoms with Crippen molar-refractivity contribution in [3.8, 4) is 5.75 Å². The van der Waals surface area contributed by atoms with E-state index in [1.165, 1.54) is 12.8 Å². The molecule has 0 bridgehead atoms. The molecule has 140 valence electrons. The molecule has 4 nitrogen and oxygen atoms in total. The Morgan fingerprint density at radius 3 is 2.44 bits per heavy atom. The number of carboxylic acids is 1. The van der Waals surface area contributed by atoms with Crippen molar-refractivity contribution in [3.05, 3.63) is 28.2 Å². The van der Waals surface area contributed by atoms with Crippen molar-refractivity contribution >= 4 is 41.6 Å². The summed E-state index contributed by atoms with van der Waals surface area (Å²) in [5.41, 5.74) is 0. The van der Waals surface area contributed by atoms with Gasteiger partial charge < -0.3 is 9.84 Å².